The van der Waals surface area contributed by atoms with Gasteiger partial charge in [-0.15, -0.1) is 0 Å². The molecule has 0 radical (unpaired) electrons. The highest BCUT2D eigenvalue weighted by Crippen LogP contribution is 2.31. The second-order valence-electron chi connectivity index (χ2n) is 5.40. The second-order valence-corrected chi connectivity index (χ2v) is 5.40. The van der Waals surface area contributed by atoms with Crippen LogP contribution in [0.25, 0.3) is 11.3 Å². The molecule has 0 aliphatic heterocycles. The maximum absolute atomic E-state index is 12.9. The molecule has 0 N–H and O–H groups in total. The molecule has 128 valence electrons. The Morgan fingerprint density at radius 2 is 1.64 bits per heavy atom. The second kappa shape index (κ2) is 6.51. The molecule has 2 aromatic carbocycles. The van der Waals surface area contributed by atoms with Gasteiger partial charge >= 0.3 is 6.18 Å². The maximum atomic E-state index is 12.9. The average Bonchev–Trinajstić information content (AvgIpc) is 2.95. The van der Waals surface area contributed by atoms with Gasteiger partial charge in [0.15, 0.2) is 5.82 Å². The van der Waals surface area contributed by atoms with Crippen molar-refractivity contribution in [3.05, 3.63) is 71.5 Å². The summed E-state index contributed by atoms with van der Waals surface area (Å²) >= 11 is 0. The van der Waals surface area contributed by atoms with Gasteiger partial charge in [0.05, 0.1) is 11.3 Å². The summed E-state index contributed by atoms with van der Waals surface area (Å²) in [5.41, 5.74) is 1.09. The molecule has 0 atom stereocenters. The van der Waals surface area contributed by atoms with E-state index in [1.807, 2.05) is 0 Å². The Bertz CT molecular complexity index is 892. The highest BCUT2D eigenvalue weighted by atomic mass is 19.4. The van der Waals surface area contributed by atoms with Gasteiger partial charge in [-0.2, -0.15) is 18.3 Å². The van der Waals surface area contributed by atoms with E-state index in [1.54, 1.807) is 31.5 Å². The smallest absolute Gasteiger partial charge is 0.250 e. The lowest BCUT2D eigenvalue weighted by Crippen LogP contribution is -2.04. The van der Waals surface area contributed by atoms with Gasteiger partial charge in [-0.3, -0.25) is 4.68 Å². The van der Waals surface area contributed by atoms with Crippen LogP contribution in [0.15, 0.2) is 59.6 Å². The maximum Gasteiger partial charge on any atom is 0.416 e. The van der Waals surface area contributed by atoms with Gasteiger partial charge < -0.3 is 0 Å². The van der Waals surface area contributed by atoms with Crippen LogP contribution in [-0.4, -0.2) is 16.0 Å². The van der Waals surface area contributed by atoms with Crippen molar-refractivity contribution in [2.24, 2.45) is 12.0 Å². The van der Waals surface area contributed by atoms with E-state index in [0.717, 1.165) is 17.7 Å². The Labute approximate surface area is 141 Å². The predicted octanol–water partition coefficient (Wildman–Crippen LogP) is 5.00. The van der Waals surface area contributed by atoms with Crippen LogP contribution in [0.1, 0.15) is 11.1 Å². The van der Waals surface area contributed by atoms with Crippen molar-refractivity contribution < 1.29 is 17.6 Å². The average molecular weight is 347 g/mol. The number of aliphatic imine (C=N–C) groups is 1. The number of benzene rings is 2. The topological polar surface area (TPSA) is 30.2 Å². The Kier molecular flexibility index (Phi) is 4.39. The fourth-order valence-electron chi connectivity index (χ4n) is 2.24. The molecule has 1 aromatic heterocycles. The van der Waals surface area contributed by atoms with Crippen molar-refractivity contribution in [2.75, 3.05) is 0 Å². The van der Waals surface area contributed by atoms with E-state index in [2.05, 4.69) is 10.1 Å². The van der Waals surface area contributed by atoms with Crippen molar-refractivity contribution in [2.45, 2.75) is 6.18 Å². The van der Waals surface area contributed by atoms with Crippen LogP contribution >= 0.6 is 0 Å². The summed E-state index contributed by atoms with van der Waals surface area (Å²) in [5, 5.41) is 4.26. The molecule has 25 heavy (non-hydrogen) atoms. The molecule has 0 unspecified atom stereocenters. The van der Waals surface area contributed by atoms with Crippen LogP contribution in [0, 0.1) is 5.82 Å². The van der Waals surface area contributed by atoms with E-state index in [-0.39, 0.29) is 5.82 Å². The van der Waals surface area contributed by atoms with Gasteiger partial charge in [0, 0.05) is 24.9 Å². The number of nitrogens with zero attached hydrogens (tertiary/aromatic N) is 3. The van der Waals surface area contributed by atoms with Gasteiger partial charge in [-0.05, 0) is 29.8 Å². The van der Waals surface area contributed by atoms with Gasteiger partial charge in [0.1, 0.15) is 5.82 Å². The van der Waals surface area contributed by atoms with Crippen LogP contribution in [0.5, 0.6) is 0 Å². The lowest BCUT2D eigenvalue weighted by Gasteiger charge is -2.06. The van der Waals surface area contributed by atoms with Crippen molar-refractivity contribution >= 4 is 12.0 Å². The number of aromatic nitrogens is 2. The molecule has 0 bridgehead atoms. The summed E-state index contributed by atoms with van der Waals surface area (Å²) in [6.45, 7) is 0. The van der Waals surface area contributed by atoms with E-state index < -0.39 is 11.7 Å². The monoisotopic (exact) mass is 347 g/mol. The fourth-order valence-corrected chi connectivity index (χ4v) is 2.24. The van der Waals surface area contributed by atoms with Crippen molar-refractivity contribution in [3.63, 3.8) is 0 Å². The third-order valence-corrected chi connectivity index (χ3v) is 3.58. The minimum absolute atomic E-state index is 0.331. The number of aryl methyl sites for hydroxylation is 1. The van der Waals surface area contributed by atoms with Gasteiger partial charge in [-0.25, -0.2) is 9.38 Å². The molecule has 0 aliphatic rings. The normalized spacial score (nSPS) is 12.0. The molecule has 7 heteroatoms. The van der Waals surface area contributed by atoms with Gasteiger partial charge in [-0.1, -0.05) is 24.3 Å². The molecule has 0 saturated heterocycles. The molecule has 0 amide bonds. The quantitative estimate of drug-likeness (QED) is 0.485. The van der Waals surface area contributed by atoms with Crippen LogP contribution in [0.3, 0.4) is 0 Å². The molecule has 3 aromatic rings. The molecule has 0 aliphatic carbocycles. The number of hydrogen-bond donors (Lipinski definition) is 0. The van der Waals surface area contributed by atoms with E-state index >= 15 is 0 Å². The Morgan fingerprint density at radius 3 is 2.24 bits per heavy atom. The van der Waals surface area contributed by atoms with Crippen LogP contribution in [0.2, 0.25) is 0 Å². The van der Waals surface area contributed by atoms with Crippen molar-refractivity contribution in [1.29, 1.82) is 0 Å². The first-order valence-corrected chi connectivity index (χ1v) is 7.34. The SMILES string of the molecule is Cn1nc(-c2ccc(C(F)(F)F)cc2)cc1N=Cc1ccc(F)cc1. The minimum Gasteiger partial charge on any atom is -0.250 e. The third kappa shape index (κ3) is 3.93. The van der Waals surface area contributed by atoms with E-state index in [4.69, 9.17) is 0 Å². The zero-order chi connectivity index (χ0) is 18.0. The lowest BCUT2D eigenvalue weighted by atomic mass is 10.1. The third-order valence-electron chi connectivity index (χ3n) is 3.58. The molecule has 3 rings (SSSR count). The zero-order valence-corrected chi connectivity index (χ0v) is 13.1. The summed E-state index contributed by atoms with van der Waals surface area (Å²) in [5.74, 6) is 0.196. The van der Waals surface area contributed by atoms with Crippen LogP contribution < -0.4 is 0 Å². The Morgan fingerprint density at radius 1 is 1.00 bits per heavy atom. The molecular weight excluding hydrogens is 334 g/mol. The molecule has 0 fully saturated rings. The first kappa shape index (κ1) is 16.9. The number of alkyl halides is 3. The van der Waals surface area contributed by atoms with Crippen molar-refractivity contribution in [3.8, 4) is 11.3 Å². The first-order valence-electron chi connectivity index (χ1n) is 7.34. The summed E-state index contributed by atoms with van der Waals surface area (Å²) < 4.78 is 52.2. The van der Waals surface area contributed by atoms with Crippen LogP contribution in [0.4, 0.5) is 23.4 Å². The molecule has 3 nitrogen and oxygen atoms in total. The summed E-state index contributed by atoms with van der Waals surface area (Å²) in [7, 11) is 1.69. The fraction of sp³-hybridized carbons (Fsp3) is 0.111. The zero-order valence-electron chi connectivity index (χ0n) is 13.1. The highest BCUT2D eigenvalue weighted by Gasteiger charge is 2.30. The molecule has 1 heterocycles. The molecular formula is C18H13F4N3. The molecule has 0 saturated carbocycles. The predicted molar refractivity (Wildman–Crippen MR) is 87.3 cm³/mol. The van der Waals surface area contributed by atoms with Crippen LogP contribution in [-0.2, 0) is 13.2 Å². The largest absolute Gasteiger partial charge is 0.416 e. The van der Waals surface area contributed by atoms with E-state index in [9.17, 15) is 17.6 Å². The molecule has 0 spiro atoms. The summed E-state index contributed by atoms with van der Waals surface area (Å²) in [4.78, 5) is 4.28. The van der Waals surface area contributed by atoms with E-state index in [1.165, 1.54) is 28.9 Å². The standard InChI is InChI=1S/C18H13F4N3/c1-25-17(23-11-12-2-8-15(19)9-3-12)10-16(24-25)13-4-6-14(7-5-13)18(20,21)22/h2-11H,1H3. The Balaban J connectivity index is 1.83. The Hall–Kier alpha value is -2.96. The number of halogens is 4. The van der Waals surface area contributed by atoms with Gasteiger partial charge in [0.2, 0.25) is 0 Å². The lowest BCUT2D eigenvalue weighted by molar-refractivity contribution is -0.137. The minimum atomic E-state index is -4.37. The van der Waals surface area contributed by atoms with Gasteiger partial charge in [0.25, 0.3) is 0 Å². The highest BCUT2D eigenvalue weighted by molar-refractivity contribution is 5.81. The summed E-state index contributed by atoms with van der Waals surface area (Å²) in [6, 6.07) is 12.3. The van der Waals surface area contributed by atoms with E-state index in [0.29, 0.717) is 17.1 Å². The van der Waals surface area contributed by atoms with Crippen molar-refractivity contribution in [1.82, 2.24) is 9.78 Å². The summed E-state index contributed by atoms with van der Waals surface area (Å²) in [6.07, 6.45) is -2.81. The first-order chi connectivity index (χ1) is 11.8. The number of rotatable bonds is 3. The number of hydrogen-bond acceptors (Lipinski definition) is 2.